The molecule has 0 saturated carbocycles. The smallest absolute Gasteiger partial charge is 0.0730 e. The van der Waals surface area contributed by atoms with Gasteiger partial charge in [-0.25, -0.2) is 0 Å². The van der Waals surface area contributed by atoms with Gasteiger partial charge in [-0.1, -0.05) is 63.4 Å². The molecule has 20 heavy (non-hydrogen) atoms. The fourth-order valence-electron chi connectivity index (χ4n) is 3.24. The monoisotopic (exact) mass is 275 g/mol. The van der Waals surface area contributed by atoms with Crippen molar-refractivity contribution in [2.45, 2.75) is 64.6 Å². The largest absolute Gasteiger partial charge is 0.375 e. The third-order valence-electron chi connectivity index (χ3n) is 4.35. The van der Waals surface area contributed by atoms with Gasteiger partial charge in [-0.2, -0.15) is 0 Å². The molecule has 1 fully saturated rings. The van der Waals surface area contributed by atoms with Crippen molar-refractivity contribution in [2.24, 2.45) is 0 Å². The van der Waals surface area contributed by atoms with Crippen LogP contribution >= 0.6 is 0 Å². The minimum Gasteiger partial charge on any atom is -0.375 e. The Bertz CT molecular complexity index is 365. The summed E-state index contributed by atoms with van der Waals surface area (Å²) in [5.74, 6) is 0. The molecule has 2 heteroatoms. The molecule has 0 aliphatic carbocycles. The van der Waals surface area contributed by atoms with Gasteiger partial charge in [0.1, 0.15) is 0 Å². The zero-order valence-corrected chi connectivity index (χ0v) is 13.1. The minimum atomic E-state index is 0.434. The Kier molecular flexibility index (Phi) is 6.55. The summed E-state index contributed by atoms with van der Waals surface area (Å²) in [7, 11) is 0. The second-order valence-corrected chi connectivity index (χ2v) is 5.84. The molecule has 0 N–H and O–H groups in total. The van der Waals surface area contributed by atoms with E-state index in [2.05, 4.69) is 49.1 Å². The normalized spacial score (nSPS) is 23.9. The van der Waals surface area contributed by atoms with Gasteiger partial charge in [0.05, 0.1) is 12.7 Å². The Morgan fingerprint density at radius 3 is 2.65 bits per heavy atom. The quantitative estimate of drug-likeness (QED) is 0.690. The number of hydrogen-bond acceptors (Lipinski definition) is 2. The van der Waals surface area contributed by atoms with Crippen molar-refractivity contribution in [3.8, 4) is 0 Å². The number of unbranched alkanes of at least 4 members (excludes halogenated alkanes) is 2. The van der Waals surface area contributed by atoms with Crippen molar-refractivity contribution in [3.05, 3.63) is 35.9 Å². The van der Waals surface area contributed by atoms with Crippen molar-refractivity contribution in [2.75, 3.05) is 13.2 Å². The van der Waals surface area contributed by atoms with Gasteiger partial charge in [0.15, 0.2) is 0 Å². The first-order valence-electron chi connectivity index (χ1n) is 8.24. The number of hydrogen-bond donors (Lipinski definition) is 0. The molecule has 2 rings (SSSR count). The lowest BCUT2D eigenvalue weighted by Gasteiger charge is -2.41. The number of ether oxygens (including phenoxy) is 1. The molecule has 112 valence electrons. The number of nitrogens with zero attached hydrogens (tertiary/aromatic N) is 1. The molecule has 0 bridgehead atoms. The van der Waals surface area contributed by atoms with Crippen LogP contribution in [0.1, 0.15) is 51.5 Å². The molecule has 0 aromatic heterocycles. The highest BCUT2D eigenvalue weighted by atomic mass is 16.5. The summed E-state index contributed by atoms with van der Waals surface area (Å²) in [4.78, 5) is 2.62. The van der Waals surface area contributed by atoms with Crippen LogP contribution in [0.25, 0.3) is 0 Å². The molecule has 1 aromatic rings. The average Bonchev–Trinajstić information content (AvgIpc) is 2.49. The van der Waals surface area contributed by atoms with Gasteiger partial charge in [0, 0.05) is 19.1 Å². The highest BCUT2D eigenvalue weighted by Gasteiger charge is 2.30. The van der Waals surface area contributed by atoms with E-state index in [1.807, 2.05) is 0 Å². The number of rotatable bonds is 7. The van der Waals surface area contributed by atoms with Crippen LogP contribution < -0.4 is 0 Å². The molecule has 0 spiro atoms. The van der Waals surface area contributed by atoms with Gasteiger partial charge in [0.25, 0.3) is 0 Å². The zero-order valence-electron chi connectivity index (χ0n) is 13.1. The first-order valence-corrected chi connectivity index (χ1v) is 8.24. The zero-order chi connectivity index (χ0) is 14.2. The summed E-state index contributed by atoms with van der Waals surface area (Å²) in [6.45, 7) is 7.58. The molecular formula is C18H29NO. The van der Waals surface area contributed by atoms with Gasteiger partial charge in [-0.3, -0.25) is 4.90 Å². The maximum Gasteiger partial charge on any atom is 0.0730 e. The summed E-state index contributed by atoms with van der Waals surface area (Å²) in [5.41, 5.74) is 1.42. The fourth-order valence-corrected chi connectivity index (χ4v) is 3.24. The molecule has 2 nitrogen and oxygen atoms in total. The van der Waals surface area contributed by atoms with Crippen LogP contribution in [0.5, 0.6) is 0 Å². The van der Waals surface area contributed by atoms with E-state index in [9.17, 15) is 0 Å². The highest BCUT2D eigenvalue weighted by Crippen LogP contribution is 2.23. The van der Waals surface area contributed by atoms with Crippen molar-refractivity contribution in [1.82, 2.24) is 4.90 Å². The van der Waals surface area contributed by atoms with Gasteiger partial charge in [0.2, 0.25) is 0 Å². The van der Waals surface area contributed by atoms with E-state index in [1.165, 1.54) is 37.7 Å². The molecule has 2 atom stereocenters. The third kappa shape index (κ3) is 4.32. The SMILES string of the molecule is CCCCCC1OCCN(Cc2ccccc2)C1CC. The Hall–Kier alpha value is -0.860. The number of benzene rings is 1. The van der Waals surface area contributed by atoms with E-state index in [1.54, 1.807) is 0 Å². The topological polar surface area (TPSA) is 12.5 Å². The molecule has 1 aromatic carbocycles. The predicted octanol–water partition coefficient (Wildman–Crippen LogP) is 4.25. The van der Waals surface area contributed by atoms with Crippen molar-refractivity contribution < 1.29 is 4.74 Å². The Morgan fingerprint density at radius 2 is 1.95 bits per heavy atom. The van der Waals surface area contributed by atoms with Crippen LogP contribution in [0.2, 0.25) is 0 Å². The lowest BCUT2D eigenvalue weighted by molar-refractivity contribution is -0.0792. The predicted molar refractivity (Wildman–Crippen MR) is 84.8 cm³/mol. The van der Waals surface area contributed by atoms with Crippen molar-refractivity contribution in [3.63, 3.8) is 0 Å². The molecule has 2 unspecified atom stereocenters. The van der Waals surface area contributed by atoms with Gasteiger partial charge in [-0.05, 0) is 18.4 Å². The van der Waals surface area contributed by atoms with Crippen LogP contribution in [0, 0.1) is 0 Å². The summed E-state index contributed by atoms with van der Waals surface area (Å²) in [5, 5.41) is 0. The second kappa shape index (κ2) is 8.43. The Labute approximate surface area is 124 Å². The molecule has 1 aliphatic heterocycles. The van der Waals surface area contributed by atoms with E-state index in [0.29, 0.717) is 12.1 Å². The lowest BCUT2D eigenvalue weighted by atomic mass is 9.98. The van der Waals surface area contributed by atoms with Gasteiger partial charge >= 0.3 is 0 Å². The van der Waals surface area contributed by atoms with Crippen LogP contribution in [0.4, 0.5) is 0 Å². The van der Waals surface area contributed by atoms with Crippen molar-refractivity contribution in [1.29, 1.82) is 0 Å². The molecule has 0 amide bonds. The third-order valence-corrected chi connectivity index (χ3v) is 4.35. The standard InChI is InChI=1S/C18H29NO/c1-3-5-7-12-18-17(4-2)19(13-14-20-18)15-16-10-8-6-9-11-16/h6,8-11,17-18H,3-5,7,12-15H2,1-2H3. The summed E-state index contributed by atoms with van der Waals surface area (Å²) in [6.07, 6.45) is 6.76. The minimum absolute atomic E-state index is 0.434. The van der Waals surface area contributed by atoms with E-state index in [4.69, 9.17) is 4.74 Å². The molecule has 0 radical (unpaired) electrons. The van der Waals surface area contributed by atoms with Gasteiger partial charge < -0.3 is 4.74 Å². The summed E-state index contributed by atoms with van der Waals surface area (Å²) < 4.78 is 6.05. The molecule has 1 aliphatic rings. The second-order valence-electron chi connectivity index (χ2n) is 5.84. The molecule has 1 saturated heterocycles. The van der Waals surface area contributed by atoms with E-state index < -0.39 is 0 Å². The lowest BCUT2D eigenvalue weighted by Crippen LogP contribution is -2.50. The Morgan fingerprint density at radius 1 is 1.15 bits per heavy atom. The molecule has 1 heterocycles. The average molecular weight is 275 g/mol. The molecular weight excluding hydrogens is 246 g/mol. The van der Waals surface area contributed by atoms with E-state index >= 15 is 0 Å². The fraction of sp³-hybridized carbons (Fsp3) is 0.667. The van der Waals surface area contributed by atoms with Crippen LogP contribution in [-0.2, 0) is 11.3 Å². The first-order chi connectivity index (χ1) is 9.85. The van der Waals surface area contributed by atoms with Crippen molar-refractivity contribution >= 4 is 0 Å². The maximum absolute atomic E-state index is 6.05. The summed E-state index contributed by atoms with van der Waals surface area (Å²) >= 11 is 0. The maximum atomic E-state index is 6.05. The van der Waals surface area contributed by atoms with Crippen LogP contribution in [0.3, 0.4) is 0 Å². The number of morpholine rings is 1. The first kappa shape index (κ1) is 15.5. The highest BCUT2D eigenvalue weighted by molar-refractivity contribution is 5.14. The Balaban J connectivity index is 1.93. The van der Waals surface area contributed by atoms with Crippen LogP contribution in [0.15, 0.2) is 30.3 Å². The summed E-state index contributed by atoms with van der Waals surface area (Å²) in [6, 6.07) is 11.4. The van der Waals surface area contributed by atoms with E-state index in [-0.39, 0.29) is 0 Å². The van der Waals surface area contributed by atoms with Gasteiger partial charge in [-0.15, -0.1) is 0 Å². The van der Waals surface area contributed by atoms with Crippen LogP contribution in [-0.4, -0.2) is 30.2 Å². The van der Waals surface area contributed by atoms with E-state index in [0.717, 1.165) is 19.7 Å².